The van der Waals surface area contributed by atoms with Crippen molar-refractivity contribution in [2.45, 2.75) is 33.1 Å². The first-order chi connectivity index (χ1) is 9.19. The minimum atomic E-state index is 0.697. The van der Waals surface area contributed by atoms with Crippen LogP contribution < -0.4 is 5.32 Å². The van der Waals surface area contributed by atoms with Gasteiger partial charge in [-0.3, -0.25) is 0 Å². The van der Waals surface area contributed by atoms with Gasteiger partial charge in [0.05, 0.1) is 6.42 Å². The van der Waals surface area contributed by atoms with Crippen LogP contribution in [0.2, 0.25) is 0 Å². The minimum absolute atomic E-state index is 0.697. The number of hydrogen-bond donors (Lipinski definition) is 1. The molecule has 0 saturated carbocycles. The fourth-order valence-corrected chi connectivity index (χ4v) is 1.97. The quantitative estimate of drug-likeness (QED) is 0.809. The first kappa shape index (κ1) is 13.7. The summed E-state index contributed by atoms with van der Waals surface area (Å²) < 4.78 is 5.65. The highest BCUT2D eigenvalue weighted by Gasteiger charge is 2.07. The Morgan fingerprint density at radius 2 is 1.89 bits per heavy atom. The van der Waals surface area contributed by atoms with Crippen LogP contribution in [0.15, 0.2) is 22.6 Å². The largest absolute Gasteiger partial charge is 0.425 e. The van der Waals surface area contributed by atoms with Crippen molar-refractivity contribution in [1.82, 2.24) is 15.5 Å². The summed E-state index contributed by atoms with van der Waals surface area (Å²) in [7, 11) is 1.94. The molecule has 1 heterocycles. The molecule has 0 aliphatic heterocycles. The zero-order valence-corrected chi connectivity index (χ0v) is 11.9. The van der Waals surface area contributed by atoms with E-state index in [1.54, 1.807) is 0 Å². The maximum Gasteiger partial charge on any atom is 0.220 e. The van der Waals surface area contributed by atoms with Crippen LogP contribution >= 0.6 is 0 Å². The Kier molecular flexibility index (Phi) is 4.68. The van der Waals surface area contributed by atoms with Crippen LogP contribution in [0.3, 0.4) is 0 Å². The number of benzene rings is 1. The van der Waals surface area contributed by atoms with E-state index in [1.165, 1.54) is 16.7 Å². The number of aryl methyl sites for hydroxylation is 3. The Morgan fingerprint density at radius 3 is 2.63 bits per heavy atom. The van der Waals surface area contributed by atoms with Gasteiger partial charge in [0.1, 0.15) is 0 Å². The number of rotatable bonds is 6. The van der Waals surface area contributed by atoms with Gasteiger partial charge in [0.25, 0.3) is 0 Å². The second-order valence-corrected chi connectivity index (χ2v) is 4.89. The second-order valence-electron chi connectivity index (χ2n) is 4.89. The Balaban J connectivity index is 1.97. The van der Waals surface area contributed by atoms with E-state index < -0.39 is 0 Å². The van der Waals surface area contributed by atoms with E-state index in [4.69, 9.17) is 4.42 Å². The van der Waals surface area contributed by atoms with Crippen molar-refractivity contribution in [3.63, 3.8) is 0 Å². The molecule has 102 valence electrons. The molecule has 0 saturated heterocycles. The third-order valence-corrected chi connectivity index (χ3v) is 3.25. The first-order valence-electron chi connectivity index (χ1n) is 6.71. The maximum atomic E-state index is 5.65. The lowest BCUT2D eigenvalue weighted by Gasteiger charge is -2.02. The van der Waals surface area contributed by atoms with Crippen LogP contribution in [0.25, 0.3) is 0 Å². The third-order valence-electron chi connectivity index (χ3n) is 3.25. The fourth-order valence-electron chi connectivity index (χ4n) is 1.97. The van der Waals surface area contributed by atoms with Crippen LogP contribution in [0, 0.1) is 13.8 Å². The van der Waals surface area contributed by atoms with Crippen molar-refractivity contribution in [3.05, 3.63) is 46.7 Å². The van der Waals surface area contributed by atoms with Gasteiger partial charge in [-0.1, -0.05) is 18.2 Å². The molecule has 0 spiro atoms. The summed E-state index contributed by atoms with van der Waals surface area (Å²) in [6.45, 7) is 5.20. The van der Waals surface area contributed by atoms with Crippen molar-refractivity contribution in [2.24, 2.45) is 0 Å². The van der Waals surface area contributed by atoms with E-state index in [2.05, 4.69) is 47.6 Å². The number of nitrogens with zero attached hydrogens (tertiary/aromatic N) is 2. The SMILES string of the molecule is CNCCCc1nnc(Cc2ccc(C)c(C)c2)o1. The third kappa shape index (κ3) is 3.89. The predicted molar refractivity (Wildman–Crippen MR) is 75.3 cm³/mol. The van der Waals surface area contributed by atoms with Gasteiger partial charge < -0.3 is 9.73 Å². The van der Waals surface area contributed by atoms with E-state index in [-0.39, 0.29) is 0 Å². The van der Waals surface area contributed by atoms with Crippen molar-refractivity contribution >= 4 is 0 Å². The van der Waals surface area contributed by atoms with Crippen LogP contribution in [0.1, 0.15) is 34.9 Å². The standard InChI is InChI=1S/C15H21N3O/c1-11-6-7-13(9-12(11)2)10-15-18-17-14(19-15)5-4-8-16-3/h6-7,9,16H,4-5,8,10H2,1-3H3. The minimum Gasteiger partial charge on any atom is -0.425 e. The number of hydrogen-bond acceptors (Lipinski definition) is 4. The average molecular weight is 259 g/mol. The first-order valence-corrected chi connectivity index (χ1v) is 6.71. The van der Waals surface area contributed by atoms with Crippen molar-refractivity contribution in [1.29, 1.82) is 0 Å². The van der Waals surface area contributed by atoms with Crippen LogP contribution in [-0.4, -0.2) is 23.8 Å². The molecule has 2 rings (SSSR count). The number of aromatic nitrogens is 2. The van der Waals surface area contributed by atoms with Crippen LogP contribution in [0.5, 0.6) is 0 Å². The molecule has 0 aliphatic rings. The van der Waals surface area contributed by atoms with Gasteiger partial charge >= 0.3 is 0 Å². The summed E-state index contributed by atoms with van der Waals surface area (Å²) in [6, 6.07) is 6.43. The fraction of sp³-hybridized carbons (Fsp3) is 0.467. The van der Waals surface area contributed by atoms with E-state index in [0.29, 0.717) is 12.3 Å². The molecule has 1 N–H and O–H groups in total. The highest BCUT2D eigenvalue weighted by molar-refractivity contribution is 5.31. The van der Waals surface area contributed by atoms with Crippen molar-refractivity contribution < 1.29 is 4.42 Å². The Hall–Kier alpha value is -1.68. The molecule has 0 radical (unpaired) electrons. The smallest absolute Gasteiger partial charge is 0.220 e. The Labute approximate surface area is 114 Å². The molecule has 4 heteroatoms. The molecular formula is C15H21N3O. The topological polar surface area (TPSA) is 51.0 Å². The van der Waals surface area contributed by atoms with Gasteiger partial charge in [-0.2, -0.15) is 0 Å². The van der Waals surface area contributed by atoms with E-state index in [1.807, 2.05) is 7.05 Å². The molecule has 0 unspecified atom stereocenters. The lowest BCUT2D eigenvalue weighted by Crippen LogP contribution is -2.08. The average Bonchev–Trinajstić information content (AvgIpc) is 2.82. The molecule has 2 aromatic rings. The summed E-state index contributed by atoms with van der Waals surface area (Å²) >= 11 is 0. The van der Waals surface area contributed by atoms with E-state index in [0.717, 1.165) is 25.3 Å². The predicted octanol–water partition coefficient (Wildman–Crippen LogP) is 2.43. The van der Waals surface area contributed by atoms with E-state index >= 15 is 0 Å². The normalized spacial score (nSPS) is 10.9. The summed E-state index contributed by atoms with van der Waals surface area (Å²) in [5.41, 5.74) is 3.82. The Bertz CT molecular complexity index is 534. The van der Waals surface area contributed by atoms with E-state index in [9.17, 15) is 0 Å². The van der Waals surface area contributed by atoms with Gasteiger partial charge in [-0.15, -0.1) is 10.2 Å². The summed E-state index contributed by atoms with van der Waals surface area (Å²) in [5, 5.41) is 11.3. The molecule has 19 heavy (non-hydrogen) atoms. The monoisotopic (exact) mass is 259 g/mol. The molecule has 0 atom stereocenters. The van der Waals surface area contributed by atoms with Gasteiger partial charge in [-0.25, -0.2) is 0 Å². The summed E-state index contributed by atoms with van der Waals surface area (Å²) in [4.78, 5) is 0. The molecule has 0 bridgehead atoms. The zero-order chi connectivity index (χ0) is 13.7. The second kappa shape index (κ2) is 6.48. The molecule has 1 aromatic heterocycles. The van der Waals surface area contributed by atoms with Gasteiger partial charge in [0, 0.05) is 6.42 Å². The number of nitrogens with one attached hydrogen (secondary N) is 1. The molecule has 0 fully saturated rings. The molecule has 4 nitrogen and oxygen atoms in total. The lowest BCUT2D eigenvalue weighted by atomic mass is 10.0. The van der Waals surface area contributed by atoms with Gasteiger partial charge in [0.2, 0.25) is 11.8 Å². The Morgan fingerprint density at radius 1 is 1.11 bits per heavy atom. The lowest BCUT2D eigenvalue weighted by molar-refractivity contribution is 0.451. The highest BCUT2D eigenvalue weighted by Crippen LogP contribution is 2.14. The van der Waals surface area contributed by atoms with Gasteiger partial charge in [-0.05, 0) is 50.6 Å². The van der Waals surface area contributed by atoms with Crippen LogP contribution in [-0.2, 0) is 12.8 Å². The molecule has 0 amide bonds. The molecule has 0 aliphatic carbocycles. The highest BCUT2D eigenvalue weighted by atomic mass is 16.4. The van der Waals surface area contributed by atoms with Crippen molar-refractivity contribution in [2.75, 3.05) is 13.6 Å². The van der Waals surface area contributed by atoms with Crippen LogP contribution in [0.4, 0.5) is 0 Å². The molecule has 1 aromatic carbocycles. The summed E-state index contributed by atoms with van der Waals surface area (Å²) in [6.07, 6.45) is 2.56. The maximum absolute atomic E-state index is 5.65. The molecular weight excluding hydrogens is 238 g/mol. The zero-order valence-electron chi connectivity index (χ0n) is 11.9. The van der Waals surface area contributed by atoms with Gasteiger partial charge in [0.15, 0.2) is 0 Å². The van der Waals surface area contributed by atoms with Crippen molar-refractivity contribution in [3.8, 4) is 0 Å². The summed E-state index contributed by atoms with van der Waals surface area (Å²) in [5.74, 6) is 1.43.